The third-order valence-corrected chi connectivity index (χ3v) is 4.20. The molecule has 0 fully saturated rings. The summed E-state index contributed by atoms with van der Waals surface area (Å²) < 4.78 is 48.7. The van der Waals surface area contributed by atoms with E-state index in [1.807, 2.05) is 0 Å². The number of halogens is 2. The summed E-state index contributed by atoms with van der Waals surface area (Å²) in [5.74, 6) is -1.90. The van der Waals surface area contributed by atoms with Gasteiger partial charge in [-0.25, -0.2) is 8.78 Å². The van der Waals surface area contributed by atoms with Crippen molar-refractivity contribution in [3.8, 4) is 11.5 Å². The molecule has 1 unspecified atom stereocenters. The van der Waals surface area contributed by atoms with Crippen molar-refractivity contribution in [2.45, 2.75) is 25.5 Å². The molecule has 1 atom stereocenters. The fourth-order valence-electron chi connectivity index (χ4n) is 1.61. The molecular weight excluding hydrogens is 320 g/mol. The first-order valence-electron chi connectivity index (χ1n) is 6.96. The molecule has 0 spiro atoms. The average molecular weight is 337 g/mol. The summed E-state index contributed by atoms with van der Waals surface area (Å²) in [5.41, 5.74) is 0.00920. The van der Waals surface area contributed by atoms with Gasteiger partial charge in [0, 0.05) is 5.56 Å². The van der Waals surface area contributed by atoms with Crippen LogP contribution in [0, 0.1) is 11.6 Å². The van der Waals surface area contributed by atoms with Crippen molar-refractivity contribution < 1.29 is 18.1 Å². The third kappa shape index (κ3) is 4.53. The van der Waals surface area contributed by atoms with Crippen molar-refractivity contribution in [1.29, 1.82) is 0 Å². The molecule has 0 aliphatic carbocycles. The van der Waals surface area contributed by atoms with Crippen LogP contribution in [0.5, 0.6) is 11.5 Å². The zero-order chi connectivity index (χ0) is 17.0. The largest absolute Gasteiger partial charge is 0.591 e. The molecule has 0 aromatic heterocycles. The molecule has 0 N–H and O–H groups in total. The molecule has 0 bridgehead atoms. The van der Waals surface area contributed by atoms with Crippen LogP contribution in [0.3, 0.4) is 0 Å². The maximum atomic E-state index is 14.4. The zero-order valence-corrected chi connectivity index (χ0v) is 13.9. The number of nitrogens with zero attached hydrogens (tertiary/aromatic N) is 1. The number of ether oxygens (including phenoxy) is 1. The highest BCUT2D eigenvalue weighted by molar-refractivity contribution is 7.91. The van der Waals surface area contributed by atoms with Gasteiger partial charge < -0.3 is 9.29 Å². The molecule has 0 aliphatic heterocycles. The standard InChI is InChI=1S/C17H17F2NO2S/c1-17(2,3)23(21)20-11-12-9-10-14(18)16(15(12)19)22-13-7-5-4-6-8-13/h4-11H,1-3H3. The first-order valence-corrected chi connectivity index (χ1v) is 8.06. The quantitative estimate of drug-likeness (QED) is 0.603. The van der Waals surface area contributed by atoms with Crippen LogP contribution in [-0.4, -0.2) is 15.5 Å². The van der Waals surface area contributed by atoms with Gasteiger partial charge in [0.15, 0.2) is 17.4 Å². The fourth-order valence-corrected chi connectivity index (χ4v) is 2.14. The molecule has 0 saturated heterocycles. The lowest BCUT2D eigenvalue weighted by molar-refractivity contribution is 0.407. The van der Waals surface area contributed by atoms with E-state index in [1.165, 1.54) is 6.07 Å². The van der Waals surface area contributed by atoms with E-state index in [-0.39, 0.29) is 5.56 Å². The monoisotopic (exact) mass is 337 g/mol. The van der Waals surface area contributed by atoms with Crippen LogP contribution in [-0.2, 0) is 11.4 Å². The lowest BCUT2D eigenvalue weighted by atomic mass is 10.2. The Morgan fingerprint density at radius 3 is 2.35 bits per heavy atom. The minimum Gasteiger partial charge on any atom is -0.591 e. The van der Waals surface area contributed by atoms with Crippen LogP contribution in [0.4, 0.5) is 8.78 Å². The van der Waals surface area contributed by atoms with Crippen LogP contribution in [0.2, 0.25) is 0 Å². The molecule has 122 valence electrons. The van der Waals surface area contributed by atoms with E-state index in [0.29, 0.717) is 5.75 Å². The summed E-state index contributed by atoms with van der Waals surface area (Å²) in [6.45, 7) is 5.27. The molecule has 0 aliphatic rings. The van der Waals surface area contributed by atoms with E-state index in [1.54, 1.807) is 51.1 Å². The average Bonchev–Trinajstić information content (AvgIpc) is 2.50. The Kier molecular flexibility index (Phi) is 5.38. The predicted octanol–water partition coefficient (Wildman–Crippen LogP) is 4.64. The Hall–Kier alpha value is -1.92. The maximum absolute atomic E-state index is 14.4. The van der Waals surface area contributed by atoms with Crippen molar-refractivity contribution in [3.05, 3.63) is 59.7 Å². The molecule has 0 heterocycles. The third-order valence-electron chi connectivity index (χ3n) is 2.85. The highest BCUT2D eigenvalue weighted by atomic mass is 32.2. The minimum absolute atomic E-state index is 0.00920. The topological polar surface area (TPSA) is 44.7 Å². The van der Waals surface area contributed by atoms with Crippen LogP contribution in [0.15, 0.2) is 46.9 Å². The van der Waals surface area contributed by atoms with Gasteiger partial charge in [-0.1, -0.05) is 22.6 Å². The van der Waals surface area contributed by atoms with Crippen LogP contribution >= 0.6 is 0 Å². The summed E-state index contributed by atoms with van der Waals surface area (Å²) in [6, 6.07) is 10.7. The number of hydrogen-bond donors (Lipinski definition) is 0. The minimum atomic E-state index is -1.53. The molecule has 2 rings (SSSR count). The van der Waals surface area contributed by atoms with Gasteiger partial charge in [-0.05, 0) is 45.0 Å². The summed E-state index contributed by atoms with van der Waals surface area (Å²) in [7, 11) is 0. The van der Waals surface area contributed by atoms with Crippen LogP contribution < -0.4 is 4.74 Å². The van der Waals surface area contributed by atoms with Gasteiger partial charge in [0.2, 0.25) is 0 Å². The summed E-state index contributed by atoms with van der Waals surface area (Å²) in [6.07, 6.45) is 1.13. The zero-order valence-electron chi connectivity index (χ0n) is 13.0. The van der Waals surface area contributed by atoms with Gasteiger partial charge in [0.1, 0.15) is 21.9 Å². The van der Waals surface area contributed by atoms with Crippen molar-refractivity contribution in [3.63, 3.8) is 0 Å². The lowest BCUT2D eigenvalue weighted by Gasteiger charge is -2.17. The summed E-state index contributed by atoms with van der Waals surface area (Å²) in [5, 5.41) is 0. The second kappa shape index (κ2) is 7.10. The van der Waals surface area contributed by atoms with E-state index in [4.69, 9.17) is 4.74 Å². The normalized spacial score (nSPS) is 13.3. The van der Waals surface area contributed by atoms with Gasteiger partial charge in [0.25, 0.3) is 0 Å². The summed E-state index contributed by atoms with van der Waals surface area (Å²) in [4.78, 5) is 0. The van der Waals surface area contributed by atoms with Crippen molar-refractivity contribution >= 4 is 17.6 Å². The molecule has 6 heteroatoms. The lowest BCUT2D eigenvalue weighted by Crippen LogP contribution is -2.25. The predicted molar refractivity (Wildman–Crippen MR) is 88.4 cm³/mol. The Balaban J connectivity index is 2.30. The van der Waals surface area contributed by atoms with Gasteiger partial charge in [-0.2, -0.15) is 0 Å². The Labute approximate surface area is 137 Å². The van der Waals surface area contributed by atoms with Crippen molar-refractivity contribution in [2.75, 3.05) is 0 Å². The van der Waals surface area contributed by atoms with E-state index >= 15 is 0 Å². The summed E-state index contributed by atoms with van der Waals surface area (Å²) >= 11 is -1.53. The molecule has 2 aromatic carbocycles. The van der Waals surface area contributed by atoms with E-state index in [9.17, 15) is 13.3 Å². The number of para-hydroxylation sites is 1. The second-order valence-corrected chi connectivity index (χ2v) is 7.72. The molecule has 0 saturated carbocycles. The number of hydrogen-bond acceptors (Lipinski definition) is 3. The molecule has 0 radical (unpaired) electrons. The van der Waals surface area contributed by atoms with Crippen LogP contribution in [0.25, 0.3) is 0 Å². The Morgan fingerprint density at radius 2 is 1.74 bits per heavy atom. The molecule has 3 nitrogen and oxygen atoms in total. The van der Waals surface area contributed by atoms with Gasteiger partial charge in [-0.3, -0.25) is 0 Å². The highest BCUT2D eigenvalue weighted by Crippen LogP contribution is 2.29. The Morgan fingerprint density at radius 1 is 1.09 bits per heavy atom. The molecular formula is C17H17F2NO2S. The van der Waals surface area contributed by atoms with Gasteiger partial charge in [-0.15, -0.1) is 0 Å². The van der Waals surface area contributed by atoms with Gasteiger partial charge in [0.05, 0.1) is 6.21 Å². The van der Waals surface area contributed by atoms with Gasteiger partial charge >= 0.3 is 0 Å². The highest BCUT2D eigenvalue weighted by Gasteiger charge is 2.26. The van der Waals surface area contributed by atoms with E-state index in [0.717, 1.165) is 12.3 Å². The fraction of sp³-hybridized carbons (Fsp3) is 0.235. The second-order valence-electron chi connectivity index (χ2n) is 5.79. The van der Waals surface area contributed by atoms with E-state index < -0.39 is 33.5 Å². The number of rotatable bonds is 4. The first-order chi connectivity index (χ1) is 10.8. The van der Waals surface area contributed by atoms with Crippen molar-refractivity contribution in [2.24, 2.45) is 4.40 Å². The first kappa shape index (κ1) is 17.4. The molecule has 0 amide bonds. The van der Waals surface area contributed by atoms with Crippen LogP contribution in [0.1, 0.15) is 26.3 Å². The maximum Gasteiger partial charge on any atom is 0.199 e. The van der Waals surface area contributed by atoms with Crippen molar-refractivity contribution in [1.82, 2.24) is 0 Å². The molecule has 2 aromatic rings. The Bertz CT molecular complexity index is 700. The molecule has 23 heavy (non-hydrogen) atoms. The number of benzene rings is 2. The van der Waals surface area contributed by atoms with E-state index in [2.05, 4.69) is 4.40 Å². The smallest absolute Gasteiger partial charge is 0.199 e. The SMILES string of the molecule is CC(C)(C)[S+]([O-])N=Cc1ccc(F)c(Oc2ccccc2)c1F.